The molecule has 1 aromatic rings. The maximum Gasteiger partial charge on any atom is 0.257 e. The summed E-state index contributed by atoms with van der Waals surface area (Å²) in [5, 5.41) is 14.0. The van der Waals surface area contributed by atoms with Gasteiger partial charge in [0, 0.05) is 58.0 Å². The van der Waals surface area contributed by atoms with Crippen LogP contribution in [-0.2, 0) is 6.54 Å². The number of aliphatic hydroxyl groups is 1. The zero-order valence-electron chi connectivity index (χ0n) is 15.5. The second-order valence-corrected chi connectivity index (χ2v) is 7.46. The van der Waals surface area contributed by atoms with E-state index >= 15 is 0 Å². The summed E-state index contributed by atoms with van der Waals surface area (Å²) >= 11 is 0. The van der Waals surface area contributed by atoms with E-state index in [-0.39, 0.29) is 18.4 Å². The first-order valence-electron chi connectivity index (χ1n) is 9.44. The minimum Gasteiger partial charge on any atom is -0.396 e. The predicted octanol–water partition coefficient (Wildman–Crippen LogP) is 0.221. The summed E-state index contributed by atoms with van der Waals surface area (Å²) < 4.78 is 1.78. The number of carbonyl (C=O) groups excluding carboxylic acids is 1. The molecule has 1 amide bonds. The van der Waals surface area contributed by atoms with E-state index in [0.717, 1.165) is 45.8 Å². The molecule has 140 valence electrons. The number of amides is 1. The van der Waals surface area contributed by atoms with E-state index in [9.17, 15) is 9.90 Å². The number of likely N-dealkylation sites (tertiary alicyclic amines) is 1. The lowest BCUT2D eigenvalue weighted by Crippen LogP contribution is -2.36. The van der Waals surface area contributed by atoms with Gasteiger partial charge in [-0.1, -0.05) is 0 Å². The third-order valence-corrected chi connectivity index (χ3v) is 5.61. The Morgan fingerprint density at radius 2 is 2.04 bits per heavy atom. The Morgan fingerprint density at radius 3 is 2.76 bits per heavy atom. The van der Waals surface area contributed by atoms with Crippen LogP contribution >= 0.6 is 0 Å². The molecule has 0 radical (unpaired) electrons. The van der Waals surface area contributed by atoms with Crippen molar-refractivity contribution in [2.45, 2.75) is 19.9 Å². The van der Waals surface area contributed by atoms with E-state index in [1.165, 1.54) is 6.42 Å². The molecule has 3 rings (SSSR count). The van der Waals surface area contributed by atoms with Gasteiger partial charge < -0.3 is 19.8 Å². The molecule has 0 aromatic carbocycles. The van der Waals surface area contributed by atoms with Gasteiger partial charge in [0.2, 0.25) is 0 Å². The number of aromatic nitrogens is 2. The average Bonchev–Trinajstić information content (AvgIpc) is 3.20. The quantitative estimate of drug-likeness (QED) is 0.824. The average molecular weight is 349 g/mol. The number of nitrogens with zero attached hydrogens (tertiary/aromatic N) is 5. The summed E-state index contributed by atoms with van der Waals surface area (Å²) in [6.07, 6.45) is 4.65. The molecule has 0 unspecified atom stereocenters. The molecule has 2 fully saturated rings. The topological polar surface area (TPSA) is 64.8 Å². The maximum atomic E-state index is 12.7. The summed E-state index contributed by atoms with van der Waals surface area (Å²) in [5.74, 6) is 0.556. The minimum atomic E-state index is 0.0382. The van der Waals surface area contributed by atoms with Crippen LogP contribution in [0.2, 0.25) is 0 Å². The summed E-state index contributed by atoms with van der Waals surface area (Å²) in [7, 11) is 2.17. The first-order valence-corrected chi connectivity index (χ1v) is 9.44. The maximum absolute atomic E-state index is 12.7. The fourth-order valence-electron chi connectivity index (χ4n) is 3.96. The predicted molar refractivity (Wildman–Crippen MR) is 96.4 cm³/mol. The minimum absolute atomic E-state index is 0.0382. The van der Waals surface area contributed by atoms with E-state index in [4.69, 9.17) is 0 Å². The number of rotatable bonds is 5. The van der Waals surface area contributed by atoms with Crippen molar-refractivity contribution in [2.24, 2.45) is 11.8 Å². The zero-order valence-corrected chi connectivity index (χ0v) is 15.5. The van der Waals surface area contributed by atoms with Crippen molar-refractivity contribution in [1.82, 2.24) is 24.5 Å². The molecule has 7 heteroatoms. The highest BCUT2D eigenvalue weighted by molar-refractivity contribution is 5.93. The Kier molecular flexibility index (Phi) is 6.09. The second-order valence-electron chi connectivity index (χ2n) is 7.46. The van der Waals surface area contributed by atoms with Crippen LogP contribution in [-0.4, -0.2) is 95.0 Å². The van der Waals surface area contributed by atoms with Gasteiger partial charge in [-0.3, -0.25) is 9.48 Å². The van der Waals surface area contributed by atoms with Gasteiger partial charge in [-0.05, 0) is 39.4 Å². The van der Waals surface area contributed by atoms with Crippen LogP contribution in [0.15, 0.2) is 12.4 Å². The number of likely N-dealkylation sites (N-methyl/N-ethyl adjacent to an activating group) is 1. The fraction of sp³-hybridized carbons (Fsp3) is 0.778. The Labute approximate surface area is 150 Å². The van der Waals surface area contributed by atoms with E-state index in [1.54, 1.807) is 10.9 Å². The third kappa shape index (κ3) is 4.40. The molecule has 7 nitrogen and oxygen atoms in total. The van der Waals surface area contributed by atoms with Gasteiger partial charge in [0.05, 0.1) is 11.8 Å². The van der Waals surface area contributed by atoms with Gasteiger partial charge in [-0.25, -0.2) is 0 Å². The molecule has 2 saturated heterocycles. The Bertz CT molecular complexity index is 576. The van der Waals surface area contributed by atoms with Gasteiger partial charge in [0.1, 0.15) is 0 Å². The Balaban J connectivity index is 1.60. The van der Waals surface area contributed by atoms with Crippen LogP contribution in [0.1, 0.15) is 23.7 Å². The van der Waals surface area contributed by atoms with Crippen molar-refractivity contribution >= 4 is 5.91 Å². The van der Waals surface area contributed by atoms with E-state index in [1.807, 2.05) is 18.0 Å². The molecule has 25 heavy (non-hydrogen) atoms. The molecule has 3 heterocycles. The third-order valence-electron chi connectivity index (χ3n) is 5.61. The van der Waals surface area contributed by atoms with Crippen molar-refractivity contribution < 1.29 is 9.90 Å². The number of carbonyl (C=O) groups is 1. The molecule has 1 aromatic heterocycles. The van der Waals surface area contributed by atoms with Crippen molar-refractivity contribution in [2.75, 3.05) is 59.5 Å². The van der Waals surface area contributed by atoms with Gasteiger partial charge in [0.15, 0.2) is 0 Å². The normalized spacial score (nSPS) is 26.1. The van der Waals surface area contributed by atoms with Gasteiger partial charge in [0.25, 0.3) is 5.91 Å². The summed E-state index contributed by atoms with van der Waals surface area (Å²) in [6.45, 7) is 9.68. The van der Waals surface area contributed by atoms with E-state index in [0.29, 0.717) is 18.0 Å². The van der Waals surface area contributed by atoms with Gasteiger partial charge >= 0.3 is 0 Å². The molecular weight excluding hydrogens is 318 g/mol. The molecule has 0 aliphatic carbocycles. The van der Waals surface area contributed by atoms with Crippen LogP contribution in [0.4, 0.5) is 0 Å². The first-order chi connectivity index (χ1) is 12.1. The highest BCUT2D eigenvalue weighted by Crippen LogP contribution is 2.26. The molecule has 2 aliphatic heterocycles. The Morgan fingerprint density at radius 1 is 1.24 bits per heavy atom. The van der Waals surface area contributed by atoms with Gasteiger partial charge in [-0.15, -0.1) is 0 Å². The molecule has 2 atom stereocenters. The van der Waals surface area contributed by atoms with Crippen LogP contribution in [0, 0.1) is 11.8 Å². The zero-order chi connectivity index (χ0) is 17.8. The standard InChI is InChI=1S/C18H31N5O2/c1-3-23-13-15(9-19-23)18(25)22-11-16(17(12-22)14-24)10-21-6-4-5-20(2)7-8-21/h9,13,16-17,24H,3-8,10-12,14H2,1-2H3/t16-,17-/m1/s1. The molecule has 1 N–H and O–H groups in total. The molecule has 2 aliphatic rings. The molecule has 0 spiro atoms. The summed E-state index contributed by atoms with van der Waals surface area (Å²) in [5.41, 5.74) is 0.649. The van der Waals surface area contributed by atoms with Crippen LogP contribution in [0.5, 0.6) is 0 Å². The van der Waals surface area contributed by atoms with Crippen LogP contribution in [0.3, 0.4) is 0 Å². The highest BCUT2D eigenvalue weighted by Gasteiger charge is 2.36. The van der Waals surface area contributed by atoms with Crippen LogP contribution in [0.25, 0.3) is 0 Å². The number of aliphatic hydroxyl groups excluding tert-OH is 1. The molecular formula is C18H31N5O2. The monoisotopic (exact) mass is 349 g/mol. The smallest absolute Gasteiger partial charge is 0.257 e. The van der Waals surface area contributed by atoms with E-state index in [2.05, 4.69) is 21.9 Å². The SMILES string of the molecule is CCn1cc(C(=O)N2C[C@@H](CN3CCCN(C)CC3)[C@@H](CO)C2)cn1. The lowest BCUT2D eigenvalue weighted by atomic mass is 9.96. The molecule has 0 saturated carbocycles. The lowest BCUT2D eigenvalue weighted by Gasteiger charge is -2.26. The highest BCUT2D eigenvalue weighted by atomic mass is 16.3. The largest absolute Gasteiger partial charge is 0.396 e. The van der Waals surface area contributed by atoms with E-state index < -0.39 is 0 Å². The van der Waals surface area contributed by atoms with Crippen molar-refractivity contribution in [1.29, 1.82) is 0 Å². The number of hydrogen-bond donors (Lipinski definition) is 1. The number of aryl methyl sites for hydroxylation is 1. The Hall–Kier alpha value is -1.44. The summed E-state index contributed by atoms with van der Waals surface area (Å²) in [6, 6.07) is 0. The first kappa shape index (κ1) is 18.4. The van der Waals surface area contributed by atoms with Crippen molar-refractivity contribution in [3.05, 3.63) is 18.0 Å². The van der Waals surface area contributed by atoms with Crippen LogP contribution < -0.4 is 0 Å². The molecule has 0 bridgehead atoms. The number of hydrogen-bond acceptors (Lipinski definition) is 5. The fourth-order valence-corrected chi connectivity index (χ4v) is 3.96. The van der Waals surface area contributed by atoms with Gasteiger partial charge in [-0.2, -0.15) is 5.10 Å². The van der Waals surface area contributed by atoms with Crippen molar-refractivity contribution in [3.8, 4) is 0 Å². The summed E-state index contributed by atoms with van der Waals surface area (Å²) in [4.78, 5) is 19.5. The van der Waals surface area contributed by atoms with Crippen molar-refractivity contribution in [3.63, 3.8) is 0 Å². The lowest BCUT2D eigenvalue weighted by molar-refractivity contribution is 0.0779. The second kappa shape index (κ2) is 8.29.